The van der Waals surface area contributed by atoms with Crippen LogP contribution in [0.1, 0.15) is 58.7 Å². The summed E-state index contributed by atoms with van der Waals surface area (Å²) in [6, 6.07) is 8.34. The molecule has 2 fully saturated rings. The lowest BCUT2D eigenvalue weighted by Gasteiger charge is -2.26. The van der Waals surface area contributed by atoms with Crippen molar-refractivity contribution in [3.63, 3.8) is 0 Å². The quantitative estimate of drug-likeness (QED) is 0.515. The Kier molecular flexibility index (Phi) is 5.72. The molecular formula is C24H29N3O5S. The lowest BCUT2D eigenvalue weighted by atomic mass is 9.86. The van der Waals surface area contributed by atoms with Crippen LogP contribution in [0.25, 0.3) is 0 Å². The number of amides is 3. The molecule has 1 N–H and O–H groups in total. The van der Waals surface area contributed by atoms with Gasteiger partial charge in [0, 0.05) is 23.0 Å². The molecule has 33 heavy (non-hydrogen) atoms. The highest BCUT2D eigenvalue weighted by atomic mass is 32.2. The first-order chi connectivity index (χ1) is 15.5. The van der Waals surface area contributed by atoms with Crippen molar-refractivity contribution >= 4 is 27.6 Å². The van der Waals surface area contributed by atoms with E-state index >= 15 is 0 Å². The first kappa shape index (κ1) is 23.2. The van der Waals surface area contributed by atoms with Crippen LogP contribution in [0.2, 0.25) is 0 Å². The Bertz CT molecular complexity index is 1250. The Morgan fingerprint density at radius 3 is 2.39 bits per heavy atom. The second kappa shape index (κ2) is 8.13. The van der Waals surface area contributed by atoms with Gasteiger partial charge in [0.15, 0.2) is 15.6 Å². The van der Waals surface area contributed by atoms with Crippen LogP contribution in [0, 0.1) is 20.8 Å². The zero-order valence-corrected chi connectivity index (χ0v) is 20.2. The number of hydrogen-bond acceptors (Lipinski definition) is 5. The molecule has 0 saturated carbocycles. The predicted octanol–water partition coefficient (Wildman–Crippen LogP) is 2.81. The minimum atomic E-state index is -3.08. The summed E-state index contributed by atoms with van der Waals surface area (Å²) in [4.78, 5) is 40.3. The van der Waals surface area contributed by atoms with Gasteiger partial charge in [0.1, 0.15) is 5.54 Å². The maximum absolute atomic E-state index is 13.4. The third-order valence-corrected chi connectivity index (χ3v) is 8.66. The number of aryl methyl sites for hydroxylation is 2. The molecular weight excluding hydrogens is 442 g/mol. The third-order valence-electron chi connectivity index (χ3n) is 6.91. The largest absolute Gasteiger partial charge is 0.344 e. The summed E-state index contributed by atoms with van der Waals surface area (Å²) < 4.78 is 25.8. The molecule has 0 radical (unpaired) electrons. The molecule has 4 rings (SSSR count). The van der Waals surface area contributed by atoms with Crippen LogP contribution in [0.3, 0.4) is 0 Å². The van der Waals surface area contributed by atoms with Crippen molar-refractivity contribution < 1.29 is 22.8 Å². The molecule has 1 aromatic carbocycles. The van der Waals surface area contributed by atoms with Crippen molar-refractivity contribution in [1.82, 2.24) is 14.8 Å². The van der Waals surface area contributed by atoms with Gasteiger partial charge in [-0.25, -0.2) is 13.2 Å². The number of hydrogen-bond donors (Lipinski definition) is 1. The van der Waals surface area contributed by atoms with E-state index in [1.165, 1.54) is 0 Å². The lowest BCUT2D eigenvalue weighted by molar-refractivity contribution is -0.131. The van der Waals surface area contributed by atoms with Gasteiger partial charge in [0.05, 0.1) is 18.1 Å². The van der Waals surface area contributed by atoms with Gasteiger partial charge < -0.3 is 9.88 Å². The van der Waals surface area contributed by atoms with Gasteiger partial charge in [-0.05, 0) is 45.2 Å². The Morgan fingerprint density at radius 2 is 1.82 bits per heavy atom. The van der Waals surface area contributed by atoms with E-state index in [2.05, 4.69) is 5.32 Å². The first-order valence-corrected chi connectivity index (χ1v) is 12.9. The molecule has 0 spiro atoms. The number of nitrogens with one attached hydrogen (secondary N) is 1. The van der Waals surface area contributed by atoms with E-state index in [9.17, 15) is 22.8 Å². The number of urea groups is 1. The van der Waals surface area contributed by atoms with Crippen LogP contribution in [-0.2, 0) is 20.2 Å². The van der Waals surface area contributed by atoms with Crippen LogP contribution < -0.4 is 5.32 Å². The Morgan fingerprint density at radius 1 is 1.15 bits per heavy atom. The molecule has 2 saturated heterocycles. The van der Waals surface area contributed by atoms with Crippen molar-refractivity contribution in [2.75, 3.05) is 18.1 Å². The fraction of sp³-hybridized carbons (Fsp3) is 0.458. The summed E-state index contributed by atoms with van der Waals surface area (Å²) in [5.74, 6) is -0.601. The van der Waals surface area contributed by atoms with Gasteiger partial charge in [-0.1, -0.05) is 36.8 Å². The molecule has 2 aromatic rings. The van der Waals surface area contributed by atoms with Crippen LogP contribution in [0.4, 0.5) is 4.79 Å². The fourth-order valence-electron chi connectivity index (χ4n) is 5.08. The minimum absolute atomic E-state index is 0.0551. The van der Waals surface area contributed by atoms with Gasteiger partial charge in [-0.2, -0.15) is 0 Å². The monoisotopic (exact) mass is 471 g/mol. The highest BCUT2D eigenvalue weighted by molar-refractivity contribution is 7.91. The number of carbonyl (C=O) groups excluding carboxylic acids is 3. The summed E-state index contributed by atoms with van der Waals surface area (Å²) in [6.07, 6.45) is 0.866. The van der Waals surface area contributed by atoms with Gasteiger partial charge in [0.25, 0.3) is 5.91 Å². The number of rotatable bonds is 6. The van der Waals surface area contributed by atoms with Gasteiger partial charge >= 0.3 is 6.03 Å². The minimum Gasteiger partial charge on any atom is -0.344 e. The molecule has 2 aliphatic heterocycles. The fourth-order valence-corrected chi connectivity index (χ4v) is 6.78. The zero-order chi connectivity index (χ0) is 24.1. The Balaban J connectivity index is 1.59. The van der Waals surface area contributed by atoms with E-state index in [-0.39, 0.29) is 29.9 Å². The summed E-state index contributed by atoms with van der Waals surface area (Å²) in [6.45, 7) is 7.01. The SMILES string of the molecule is CC[C@@]1(c2ccc(C)cc2)NC(=O)N(CC(=O)c2cc(C)n([C@@H]3CCS(=O)(=O)C3)c2C)C1=O. The molecule has 3 heterocycles. The van der Waals surface area contributed by atoms with E-state index in [1.807, 2.05) is 49.6 Å². The van der Waals surface area contributed by atoms with E-state index in [0.29, 0.717) is 29.7 Å². The molecule has 3 amide bonds. The summed E-state index contributed by atoms with van der Waals surface area (Å²) in [7, 11) is -3.08. The molecule has 0 aliphatic carbocycles. The average molecular weight is 472 g/mol. The highest BCUT2D eigenvalue weighted by Crippen LogP contribution is 2.33. The lowest BCUT2D eigenvalue weighted by Crippen LogP contribution is -2.43. The number of benzene rings is 1. The van der Waals surface area contributed by atoms with Crippen molar-refractivity contribution in [2.24, 2.45) is 0 Å². The number of Topliss-reactive ketones (excluding diaryl/α,β-unsaturated/α-hetero) is 1. The molecule has 0 unspecified atom stereocenters. The standard InChI is InChI=1S/C24H29N3O5S/c1-5-24(18-8-6-15(2)7-9-18)22(29)26(23(30)25-24)13-21(28)20-12-16(3)27(17(20)4)19-10-11-33(31,32)14-19/h6-9,12,19H,5,10-11,13-14H2,1-4H3,(H,25,30)/t19-,24+/m1/s1. The van der Waals surface area contributed by atoms with Crippen LogP contribution in [0.5, 0.6) is 0 Å². The van der Waals surface area contributed by atoms with E-state index in [4.69, 9.17) is 0 Å². The zero-order valence-electron chi connectivity index (χ0n) is 19.3. The second-order valence-corrected chi connectivity index (χ2v) is 11.3. The third kappa shape index (κ3) is 3.88. The average Bonchev–Trinajstić information content (AvgIpc) is 3.35. The van der Waals surface area contributed by atoms with Crippen molar-refractivity contribution in [1.29, 1.82) is 0 Å². The molecule has 9 heteroatoms. The Labute approximate surface area is 193 Å². The number of aromatic nitrogens is 1. The van der Waals surface area contributed by atoms with Crippen LogP contribution in [0.15, 0.2) is 30.3 Å². The summed E-state index contributed by atoms with van der Waals surface area (Å²) in [5, 5.41) is 2.81. The van der Waals surface area contributed by atoms with E-state index in [0.717, 1.165) is 16.2 Å². The van der Waals surface area contributed by atoms with Crippen LogP contribution >= 0.6 is 0 Å². The second-order valence-electron chi connectivity index (χ2n) is 9.08. The molecule has 2 aliphatic rings. The molecule has 2 atom stereocenters. The maximum Gasteiger partial charge on any atom is 0.325 e. The normalized spacial score (nSPS) is 24.4. The number of nitrogens with zero attached hydrogens (tertiary/aromatic N) is 2. The first-order valence-electron chi connectivity index (χ1n) is 11.1. The van der Waals surface area contributed by atoms with Crippen molar-refractivity contribution in [3.8, 4) is 0 Å². The smallest absolute Gasteiger partial charge is 0.325 e. The molecule has 1 aromatic heterocycles. The number of sulfone groups is 1. The van der Waals surface area contributed by atoms with Gasteiger partial charge in [-0.3, -0.25) is 14.5 Å². The number of ketones is 1. The van der Waals surface area contributed by atoms with Crippen LogP contribution in [-0.4, -0.2) is 53.7 Å². The van der Waals surface area contributed by atoms with E-state index in [1.54, 1.807) is 13.0 Å². The van der Waals surface area contributed by atoms with E-state index < -0.39 is 27.3 Å². The topological polar surface area (TPSA) is 106 Å². The molecule has 0 bridgehead atoms. The van der Waals surface area contributed by atoms with Gasteiger partial charge in [0.2, 0.25) is 0 Å². The van der Waals surface area contributed by atoms with Crippen molar-refractivity contribution in [2.45, 2.75) is 52.1 Å². The van der Waals surface area contributed by atoms with Crippen molar-refractivity contribution in [3.05, 3.63) is 58.4 Å². The Hall–Kier alpha value is -2.94. The maximum atomic E-state index is 13.4. The summed E-state index contributed by atoms with van der Waals surface area (Å²) in [5.41, 5.74) is 2.38. The highest BCUT2D eigenvalue weighted by Gasteiger charge is 2.51. The van der Waals surface area contributed by atoms with Gasteiger partial charge in [-0.15, -0.1) is 0 Å². The number of carbonyl (C=O) groups is 3. The summed E-state index contributed by atoms with van der Waals surface area (Å²) >= 11 is 0. The number of imide groups is 1. The predicted molar refractivity (Wildman–Crippen MR) is 124 cm³/mol. The molecule has 176 valence electrons. The molecule has 8 nitrogen and oxygen atoms in total.